The molecule has 0 atom stereocenters. The van der Waals surface area contributed by atoms with Crippen LogP contribution in [0, 0.1) is 18.3 Å². The summed E-state index contributed by atoms with van der Waals surface area (Å²) in [5.74, 6) is 0.534. The first kappa shape index (κ1) is 8.45. The Hall–Kier alpha value is -2.15. The fourth-order valence-electron chi connectivity index (χ4n) is 1.30. The normalized spacial score (nSPS) is 9.71. The SMILES string of the molecule is Cc1ccc(C#N)n1-c1ncccn1. The molecule has 4 heteroatoms. The topological polar surface area (TPSA) is 54.5 Å². The Morgan fingerprint density at radius 1 is 1.29 bits per heavy atom. The van der Waals surface area contributed by atoms with Gasteiger partial charge in [-0.05, 0) is 25.1 Å². The van der Waals surface area contributed by atoms with Gasteiger partial charge in [-0.1, -0.05) is 0 Å². The number of rotatable bonds is 1. The van der Waals surface area contributed by atoms with E-state index in [1.54, 1.807) is 29.1 Å². The molecule has 2 heterocycles. The molecule has 0 bridgehead atoms. The third kappa shape index (κ3) is 1.25. The second kappa shape index (κ2) is 3.30. The first-order valence-electron chi connectivity index (χ1n) is 4.19. The van der Waals surface area contributed by atoms with Crippen molar-refractivity contribution in [2.45, 2.75) is 6.92 Å². The van der Waals surface area contributed by atoms with Crippen molar-refractivity contribution in [3.8, 4) is 12.0 Å². The average Bonchev–Trinajstić information content (AvgIpc) is 2.61. The minimum atomic E-state index is 0.534. The molecule has 14 heavy (non-hydrogen) atoms. The van der Waals surface area contributed by atoms with E-state index in [4.69, 9.17) is 5.26 Å². The van der Waals surface area contributed by atoms with Gasteiger partial charge in [-0.15, -0.1) is 0 Å². The molecule has 0 radical (unpaired) electrons. The average molecular weight is 184 g/mol. The standard InChI is InChI=1S/C10H8N4/c1-8-3-4-9(7-11)14(8)10-12-5-2-6-13-10/h2-6H,1H3. The Balaban J connectivity index is 2.63. The van der Waals surface area contributed by atoms with Gasteiger partial charge in [0, 0.05) is 18.1 Å². The van der Waals surface area contributed by atoms with Crippen LogP contribution in [0.25, 0.3) is 5.95 Å². The molecule has 0 N–H and O–H groups in total. The van der Waals surface area contributed by atoms with Crippen LogP contribution in [0.5, 0.6) is 0 Å². The van der Waals surface area contributed by atoms with Crippen molar-refractivity contribution in [1.82, 2.24) is 14.5 Å². The number of nitriles is 1. The van der Waals surface area contributed by atoms with Crippen LogP contribution in [0.4, 0.5) is 0 Å². The van der Waals surface area contributed by atoms with E-state index in [-0.39, 0.29) is 0 Å². The minimum Gasteiger partial charge on any atom is -0.274 e. The van der Waals surface area contributed by atoms with Gasteiger partial charge in [-0.25, -0.2) is 9.97 Å². The van der Waals surface area contributed by atoms with Gasteiger partial charge in [-0.3, -0.25) is 4.57 Å². The Morgan fingerprint density at radius 2 is 2.00 bits per heavy atom. The van der Waals surface area contributed by atoms with E-state index in [1.165, 1.54) is 0 Å². The molecule has 2 rings (SSSR count). The van der Waals surface area contributed by atoms with Gasteiger partial charge >= 0.3 is 0 Å². The molecule has 4 nitrogen and oxygen atoms in total. The van der Waals surface area contributed by atoms with Crippen LogP contribution in [0.2, 0.25) is 0 Å². The van der Waals surface area contributed by atoms with Crippen molar-refractivity contribution in [3.05, 3.63) is 42.0 Å². The van der Waals surface area contributed by atoms with Crippen molar-refractivity contribution < 1.29 is 0 Å². The molecule has 0 aliphatic rings. The van der Waals surface area contributed by atoms with Crippen LogP contribution in [-0.2, 0) is 0 Å². The molecule has 0 saturated heterocycles. The minimum absolute atomic E-state index is 0.534. The third-order valence-corrected chi connectivity index (χ3v) is 1.94. The second-order valence-corrected chi connectivity index (χ2v) is 2.86. The largest absolute Gasteiger partial charge is 0.274 e. The lowest BCUT2D eigenvalue weighted by Gasteiger charge is -2.03. The second-order valence-electron chi connectivity index (χ2n) is 2.86. The first-order valence-corrected chi connectivity index (χ1v) is 4.19. The molecule has 0 aromatic carbocycles. The Morgan fingerprint density at radius 3 is 2.64 bits per heavy atom. The molecule has 2 aromatic rings. The van der Waals surface area contributed by atoms with E-state index < -0.39 is 0 Å². The van der Waals surface area contributed by atoms with Gasteiger partial charge in [0.2, 0.25) is 5.95 Å². The maximum atomic E-state index is 8.87. The lowest BCUT2D eigenvalue weighted by atomic mass is 10.5. The molecule has 0 unspecified atom stereocenters. The van der Waals surface area contributed by atoms with Crippen LogP contribution >= 0.6 is 0 Å². The van der Waals surface area contributed by atoms with E-state index >= 15 is 0 Å². The smallest absolute Gasteiger partial charge is 0.234 e. The fourth-order valence-corrected chi connectivity index (χ4v) is 1.30. The van der Waals surface area contributed by atoms with Gasteiger partial charge in [0.15, 0.2) is 0 Å². The van der Waals surface area contributed by atoms with Crippen molar-refractivity contribution >= 4 is 0 Å². The highest BCUT2D eigenvalue weighted by atomic mass is 15.2. The number of hydrogen-bond donors (Lipinski definition) is 0. The Labute approximate surface area is 81.5 Å². The monoisotopic (exact) mass is 184 g/mol. The van der Waals surface area contributed by atoms with Gasteiger partial charge < -0.3 is 0 Å². The van der Waals surface area contributed by atoms with Crippen molar-refractivity contribution in [2.24, 2.45) is 0 Å². The molecule has 0 amide bonds. The van der Waals surface area contributed by atoms with Gasteiger partial charge in [-0.2, -0.15) is 5.26 Å². The molecule has 0 fully saturated rings. The summed E-state index contributed by atoms with van der Waals surface area (Å²) in [4.78, 5) is 8.18. The first-order chi connectivity index (χ1) is 6.83. The highest BCUT2D eigenvalue weighted by Gasteiger charge is 2.07. The molecular formula is C10H8N4. The summed E-state index contributed by atoms with van der Waals surface area (Å²) in [5, 5.41) is 8.87. The number of aryl methyl sites for hydroxylation is 1. The number of hydrogen-bond acceptors (Lipinski definition) is 3. The van der Waals surface area contributed by atoms with Crippen LogP contribution in [-0.4, -0.2) is 14.5 Å². The van der Waals surface area contributed by atoms with Gasteiger partial charge in [0.05, 0.1) is 0 Å². The summed E-state index contributed by atoms with van der Waals surface area (Å²) >= 11 is 0. The van der Waals surface area contributed by atoms with E-state index in [0.29, 0.717) is 11.6 Å². The predicted octanol–water partition coefficient (Wildman–Crippen LogP) is 1.45. The highest BCUT2D eigenvalue weighted by molar-refractivity contribution is 5.33. The molecule has 0 aliphatic carbocycles. The lowest BCUT2D eigenvalue weighted by Crippen LogP contribution is -2.03. The van der Waals surface area contributed by atoms with Gasteiger partial charge in [0.25, 0.3) is 0 Å². The van der Waals surface area contributed by atoms with Crippen LogP contribution < -0.4 is 0 Å². The van der Waals surface area contributed by atoms with Crippen LogP contribution in [0.3, 0.4) is 0 Å². The zero-order chi connectivity index (χ0) is 9.97. The summed E-state index contributed by atoms with van der Waals surface area (Å²) in [6.07, 6.45) is 3.31. The van der Waals surface area contributed by atoms with E-state index in [9.17, 15) is 0 Å². The van der Waals surface area contributed by atoms with Crippen molar-refractivity contribution in [2.75, 3.05) is 0 Å². The summed E-state index contributed by atoms with van der Waals surface area (Å²) in [6.45, 7) is 1.91. The summed E-state index contributed by atoms with van der Waals surface area (Å²) < 4.78 is 1.72. The summed E-state index contributed by atoms with van der Waals surface area (Å²) in [6, 6.07) is 7.47. The highest BCUT2D eigenvalue weighted by Crippen LogP contribution is 2.11. The molecule has 68 valence electrons. The Kier molecular flexibility index (Phi) is 1.99. The molecule has 0 saturated carbocycles. The summed E-state index contributed by atoms with van der Waals surface area (Å²) in [7, 11) is 0. The van der Waals surface area contributed by atoms with Gasteiger partial charge in [0.1, 0.15) is 11.8 Å². The lowest BCUT2D eigenvalue weighted by molar-refractivity contribution is 0.890. The molecule has 0 spiro atoms. The molecular weight excluding hydrogens is 176 g/mol. The van der Waals surface area contributed by atoms with Crippen LogP contribution in [0.15, 0.2) is 30.6 Å². The maximum absolute atomic E-state index is 8.87. The fraction of sp³-hybridized carbons (Fsp3) is 0.100. The molecule has 2 aromatic heterocycles. The van der Waals surface area contributed by atoms with Crippen molar-refractivity contribution in [1.29, 1.82) is 5.26 Å². The number of nitrogens with zero attached hydrogens (tertiary/aromatic N) is 4. The Bertz CT molecular complexity index is 479. The zero-order valence-electron chi connectivity index (χ0n) is 7.68. The van der Waals surface area contributed by atoms with E-state index in [0.717, 1.165) is 5.69 Å². The maximum Gasteiger partial charge on any atom is 0.234 e. The summed E-state index contributed by atoms with van der Waals surface area (Å²) in [5.41, 5.74) is 1.50. The molecule has 0 aliphatic heterocycles. The quantitative estimate of drug-likeness (QED) is 0.674. The van der Waals surface area contributed by atoms with E-state index in [1.807, 2.05) is 13.0 Å². The van der Waals surface area contributed by atoms with Crippen molar-refractivity contribution in [3.63, 3.8) is 0 Å². The number of aromatic nitrogens is 3. The van der Waals surface area contributed by atoms with Crippen LogP contribution in [0.1, 0.15) is 11.4 Å². The third-order valence-electron chi connectivity index (χ3n) is 1.94. The van der Waals surface area contributed by atoms with E-state index in [2.05, 4.69) is 16.0 Å². The predicted molar refractivity (Wildman–Crippen MR) is 50.8 cm³/mol. The zero-order valence-corrected chi connectivity index (χ0v) is 7.68.